The number of carboxylic acids is 2. The van der Waals surface area contributed by atoms with Gasteiger partial charge in [0.25, 0.3) is 0 Å². The van der Waals surface area contributed by atoms with Gasteiger partial charge in [0.2, 0.25) is 6.33 Å². The molecule has 0 fully saturated rings. The minimum atomic E-state index is -1.51. The van der Waals surface area contributed by atoms with Gasteiger partial charge in [-0.3, -0.25) is 4.98 Å². The van der Waals surface area contributed by atoms with E-state index in [9.17, 15) is 14.7 Å². The number of carboxylic acid groups (broad SMARTS) is 2. The molecule has 7 nitrogen and oxygen atoms in total. The molecule has 188 valence electrons. The highest BCUT2D eigenvalue weighted by Gasteiger charge is 2.23. The van der Waals surface area contributed by atoms with Crippen molar-refractivity contribution in [2.45, 2.75) is 38.8 Å². The van der Waals surface area contributed by atoms with E-state index in [0.29, 0.717) is 18.2 Å². The van der Waals surface area contributed by atoms with Crippen LogP contribution in [0.4, 0.5) is 0 Å². The number of aliphatic carboxylic acids is 2. The van der Waals surface area contributed by atoms with Gasteiger partial charge in [0.1, 0.15) is 18.4 Å². The second kappa shape index (κ2) is 13.1. The summed E-state index contributed by atoms with van der Waals surface area (Å²) in [5.41, 5.74) is 3.87. The summed E-state index contributed by atoms with van der Waals surface area (Å²) in [4.78, 5) is 22.2. The second-order valence-electron chi connectivity index (χ2n) is 8.21. The monoisotopic (exact) mass is 571 g/mol. The normalized spacial score (nSPS) is 11.9. The number of imidazole rings is 1. The van der Waals surface area contributed by atoms with Crippen molar-refractivity contribution < 1.29 is 24.4 Å². The highest BCUT2D eigenvalue weighted by atomic mass is 79.9. The summed E-state index contributed by atoms with van der Waals surface area (Å²) < 4.78 is 5.75. The molecular weight excluding hydrogens is 546 g/mol. The maximum Gasteiger partial charge on any atom is 0.328 e. The highest BCUT2D eigenvalue weighted by Crippen LogP contribution is 2.32. The van der Waals surface area contributed by atoms with Crippen LogP contribution < -0.4 is 9.67 Å². The molecule has 0 aliphatic heterocycles. The average Bonchev–Trinajstić information content (AvgIpc) is 3.49. The lowest BCUT2D eigenvalue weighted by molar-refractivity contribution is -0.713. The molecule has 0 bridgehead atoms. The van der Waals surface area contributed by atoms with Crippen molar-refractivity contribution in [3.8, 4) is 0 Å². The second-order valence-corrected chi connectivity index (χ2v) is 9.56. The smallest absolute Gasteiger partial charge is 0.328 e. The molecule has 9 heteroatoms. The van der Waals surface area contributed by atoms with E-state index in [1.54, 1.807) is 0 Å². The van der Waals surface area contributed by atoms with Gasteiger partial charge in [0, 0.05) is 44.8 Å². The zero-order valence-electron chi connectivity index (χ0n) is 19.7. The lowest BCUT2D eigenvalue weighted by atomic mass is 10.0. The number of aromatic amines is 1. The summed E-state index contributed by atoms with van der Waals surface area (Å²) in [6, 6.07) is 15.0. The van der Waals surface area contributed by atoms with Crippen LogP contribution in [-0.4, -0.2) is 26.6 Å². The molecule has 0 saturated carbocycles. The van der Waals surface area contributed by atoms with Gasteiger partial charge >= 0.3 is 5.97 Å². The lowest BCUT2D eigenvalue weighted by Gasteiger charge is -2.13. The Hall–Kier alpha value is -3.36. The van der Waals surface area contributed by atoms with Crippen LogP contribution in [0.25, 0.3) is 10.9 Å². The van der Waals surface area contributed by atoms with Crippen molar-refractivity contribution in [2.75, 3.05) is 0 Å². The van der Waals surface area contributed by atoms with E-state index in [4.69, 9.17) is 16.7 Å². The summed E-state index contributed by atoms with van der Waals surface area (Å²) in [7, 11) is 0. The lowest BCUT2D eigenvalue weighted by Crippen LogP contribution is -2.37. The van der Waals surface area contributed by atoms with Crippen LogP contribution in [0.5, 0.6) is 0 Å². The molecule has 0 amide bonds. The number of nitrogens with zero attached hydrogens (tertiary/aromatic N) is 2. The Balaban J connectivity index is 0.000000392. The van der Waals surface area contributed by atoms with Crippen LogP contribution in [0.15, 0.2) is 84.0 Å². The third kappa shape index (κ3) is 7.57. The Labute approximate surface area is 222 Å². The minimum Gasteiger partial charge on any atom is -0.545 e. The molecule has 4 aromatic rings. The van der Waals surface area contributed by atoms with Crippen molar-refractivity contribution in [1.82, 2.24) is 9.55 Å². The van der Waals surface area contributed by atoms with Crippen LogP contribution in [0, 0.1) is 0 Å². The van der Waals surface area contributed by atoms with Crippen molar-refractivity contribution in [3.05, 3.63) is 100 Å². The van der Waals surface area contributed by atoms with Gasteiger partial charge in [0.05, 0.1) is 5.97 Å². The number of carbonyl (C=O) groups is 2. The quantitative estimate of drug-likeness (QED) is 0.220. The van der Waals surface area contributed by atoms with Gasteiger partial charge in [-0.25, -0.2) is 9.36 Å². The van der Waals surface area contributed by atoms with Crippen molar-refractivity contribution in [2.24, 2.45) is 0 Å². The summed E-state index contributed by atoms with van der Waals surface area (Å²) in [6.45, 7) is 3.08. The molecule has 2 heterocycles. The molecule has 2 aromatic heterocycles. The summed E-state index contributed by atoms with van der Waals surface area (Å²) in [5.74, 6) is -2.80. The molecule has 0 aliphatic carbocycles. The van der Waals surface area contributed by atoms with Gasteiger partial charge in [-0.15, -0.1) is 0 Å². The maximum absolute atomic E-state index is 9.53. The SMILES string of the molecule is CCCCC(c1cn(Cc2ccc(Cl)cc2)c2ccc(Br)cc12)[n+]1cc[nH]c1.O=C([O-])/C=C\C(=O)O. The standard InChI is InChI=1S/C23H23BrClN3.C4H4O4/c1-2-3-4-22(27-12-11-26-16-27)21-15-28(14-17-5-8-19(25)9-6-17)23-10-7-18(24)13-20(21)23;5-3(6)1-2-4(7)8/h5-13,15-16,22H,2-4,14H2,1H3;1-2H,(H,5,6)(H,7,8)/b;2-1-. The molecule has 1 atom stereocenters. The fourth-order valence-electron chi connectivity index (χ4n) is 3.98. The molecule has 1 unspecified atom stereocenters. The highest BCUT2D eigenvalue weighted by molar-refractivity contribution is 9.10. The zero-order valence-corrected chi connectivity index (χ0v) is 22.1. The van der Waals surface area contributed by atoms with Gasteiger partial charge in [-0.2, -0.15) is 0 Å². The van der Waals surface area contributed by atoms with E-state index >= 15 is 0 Å². The van der Waals surface area contributed by atoms with Gasteiger partial charge in [-0.05, 0) is 54.8 Å². The number of carbonyl (C=O) groups excluding carboxylic acids is 1. The number of halogens is 2. The molecule has 0 saturated heterocycles. The van der Waals surface area contributed by atoms with Crippen LogP contribution in [0.2, 0.25) is 5.02 Å². The van der Waals surface area contributed by atoms with Crippen molar-refractivity contribution in [3.63, 3.8) is 0 Å². The maximum atomic E-state index is 9.53. The first-order chi connectivity index (χ1) is 17.3. The zero-order chi connectivity index (χ0) is 26.1. The van der Waals surface area contributed by atoms with Gasteiger partial charge in [0.15, 0.2) is 0 Å². The number of benzene rings is 2. The third-order valence-corrected chi connectivity index (χ3v) is 6.36. The number of fused-ring (bicyclic) bond motifs is 1. The van der Waals surface area contributed by atoms with E-state index in [2.05, 4.69) is 86.0 Å². The first-order valence-electron chi connectivity index (χ1n) is 11.5. The number of H-pyrrole nitrogens is 1. The summed E-state index contributed by atoms with van der Waals surface area (Å²) >= 11 is 9.72. The topological polar surface area (TPSA) is 102 Å². The Kier molecular flexibility index (Phi) is 9.90. The number of rotatable bonds is 9. The minimum absolute atomic E-state index is 0.314. The number of unbranched alkanes of at least 4 members (excludes halogenated alkanes) is 1. The van der Waals surface area contributed by atoms with Crippen LogP contribution >= 0.6 is 27.5 Å². The summed E-state index contributed by atoms with van der Waals surface area (Å²) in [6.07, 6.45) is 12.9. The first kappa shape index (κ1) is 27.2. The first-order valence-corrected chi connectivity index (χ1v) is 12.6. The van der Waals surface area contributed by atoms with E-state index in [-0.39, 0.29) is 0 Å². The Bertz CT molecular complexity index is 1320. The van der Waals surface area contributed by atoms with Crippen molar-refractivity contribution >= 4 is 50.4 Å². The van der Waals surface area contributed by atoms with Crippen molar-refractivity contribution in [1.29, 1.82) is 0 Å². The fourth-order valence-corrected chi connectivity index (χ4v) is 4.46. The molecule has 2 aromatic carbocycles. The number of hydrogen-bond donors (Lipinski definition) is 2. The molecule has 2 N–H and O–H groups in total. The molecule has 0 spiro atoms. The molecular formula is C27H27BrClN3O4. The van der Waals surface area contributed by atoms with Crippen LogP contribution in [-0.2, 0) is 16.1 Å². The number of nitrogens with one attached hydrogen (secondary N) is 1. The predicted octanol–water partition coefficient (Wildman–Crippen LogP) is 4.88. The van der Waals surface area contributed by atoms with E-state index in [1.807, 2.05) is 18.3 Å². The molecule has 4 rings (SSSR count). The third-order valence-electron chi connectivity index (χ3n) is 5.62. The predicted molar refractivity (Wildman–Crippen MR) is 141 cm³/mol. The molecule has 0 aliphatic rings. The average molecular weight is 573 g/mol. The summed E-state index contributed by atoms with van der Waals surface area (Å²) in [5, 5.41) is 19.3. The van der Waals surface area contributed by atoms with E-state index in [0.717, 1.165) is 22.5 Å². The number of aromatic nitrogens is 3. The Morgan fingerprint density at radius 2 is 1.97 bits per heavy atom. The Morgan fingerprint density at radius 1 is 1.22 bits per heavy atom. The van der Waals surface area contributed by atoms with Crippen LogP contribution in [0.3, 0.4) is 0 Å². The van der Waals surface area contributed by atoms with Gasteiger partial charge in [-0.1, -0.05) is 53.0 Å². The fraction of sp³-hybridized carbons (Fsp3) is 0.222. The largest absolute Gasteiger partial charge is 0.545 e. The molecule has 0 radical (unpaired) electrons. The van der Waals surface area contributed by atoms with Gasteiger partial charge < -0.3 is 19.6 Å². The number of hydrogen-bond acceptors (Lipinski definition) is 3. The van der Waals surface area contributed by atoms with E-state index < -0.39 is 11.9 Å². The van der Waals surface area contributed by atoms with E-state index in [1.165, 1.54) is 34.9 Å². The molecule has 36 heavy (non-hydrogen) atoms. The Morgan fingerprint density at radius 3 is 2.56 bits per heavy atom. The van der Waals surface area contributed by atoms with Crippen LogP contribution in [0.1, 0.15) is 43.4 Å².